The first-order valence-electron chi connectivity index (χ1n) is 10.4. The van der Waals surface area contributed by atoms with Crippen LogP contribution in [0.5, 0.6) is 11.5 Å². The number of carbonyl (C=O) groups excluding carboxylic acids is 2. The summed E-state index contributed by atoms with van der Waals surface area (Å²) in [6.45, 7) is 1.85. The number of pyridine rings is 1. The average molecular weight is 463 g/mol. The van der Waals surface area contributed by atoms with Crippen LogP contribution in [0.3, 0.4) is 0 Å². The molecule has 4 rings (SSSR count). The number of alkyl halides is 1. The van der Waals surface area contributed by atoms with Crippen LogP contribution in [0.25, 0.3) is 11.4 Å². The van der Waals surface area contributed by atoms with E-state index in [2.05, 4.69) is 20.6 Å². The molecule has 0 radical (unpaired) electrons. The Hall–Kier alpha value is -4.44. The maximum atomic E-state index is 14.0. The Bertz CT molecular complexity index is 1270. The summed E-state index contributed by atoms with van der Waals surface area (Å²) in [5.41, 5.74) is 4.59. The van der Waals surface area contributed by atoms with Crippen molar-refractivity contribution in [1.29, 1.82) is 0 Å². The molecule has 174 valence electrons. The summed E-state index contributed by atoms with van der Waals surface area (Å²) in [6.07, 6.45) is 5.41. The van der Waals surface area contributed by atoms with Gasteiger partial charge in [0.05, 0.1) is 22.6 Å². The van der Waals surface area contributed by atoms with Crippen LogP contribution >= 0.6 is 0 Å². The van der Waals surface area contributed by atoms with Crippen LogP contribution in [-0.2, 0) is 0 Å². The summed E-state index contributed by atoms with van der Waals surface area (Å²) in [5.74, 6) is 0.395. The van der Waals surface area contributed by atoms with Crippen LogP contribution < -0.4 is 20.9 Å². The number of aromatic amines is 1. The molecular weight excluding hydrogens is 441 g/mol. The van der Waals surface area contributed by atoms with E-state index in [0.717, 1.165) is 5.57 Å². The second-order valence-corrected chi connectivity index (χ2v) is 7.58. The van der Waals surface area contributed by atoms with E-state index in [9.17, 15) is 14.0 Å². The standard InChI is InChI=1S/C24H22FN5O4/c1-14-2-7-19(25)20(10-14)29-24(32)28-16-3-5-17(6-4-16)34-18-8-9-26-22(12-18)21-11-15(13-27-21)23(31)30-33/h2-6,8-13,19,27,33H,7H2,1H3,(H,30,31)(H2,28,29,32). The minimum Gasteiger partial charge on any atom is -0.457 e. The van der Waals surface area contributed by atoms with E-state index in [4.69, 9.17) is 9.94 Å². The van der Waals surface area contributed by atoms with Crippen molar-refractivity contribution >= 4 is 17.6 Å². The summed E-state index contributed by atoms with van der Waals surface area (Å²) < 4.78 is 19.8. The van der Waals surface area contributed by atoms with Crippen molar-refractivity contribution in [3.63, 3.8) is 0 Å². The van der Waals surface area contributed by atoms with Gasteiger partial charge in [0.2, 0.25) is 0 Å². The van der Waals surface area contributed by atoms with Crippen molar-refractivity contribution in [2.45, 2.75) is 19.5 Å². The van der Waals surface area contributed by atoms with Gasteiger partial charge in [-0.15, -0.1) is 0 Å². The maximum Gasteiger partial charge on any atom is 0.323 e. The molecule has 3 amide bonds. The zero-order chi connectivity index (χ0) is 24.1. The molecule has 2 aromatic heterocycles. The minimum absolute atomic E-state index is 0.233. The zero-order valence-corrected chi connectivity index (χ0v) is 18.1. The number of halogens is 1. The number of allylic oxidation sites excluding steroid dienone is 4. The molecular formula is C24H22FN5O4. The molecule has 1 atom stereocenters. The Morgan fingerprint density at radius 1 is 1.15 bits per heavy atom. The number of ether oxygens (including phenoxy) is 1. The largest absolute Gasteiger partial charge is 0.457 e. The molecule has 1 aliphatic carbocycles. The first-order chi connectivity index (χ1) is 16.4. The van der Waals surface area contributed by atoms with E-state index >= 15 is 0 Å². The smallest absolute Gasteiger partial charge is 0.323 e. The summed E-state index contributed by atoms with van der Waals surface area (Å²) in [4.78, 5) is 30.9. The number of carbonyl (C=O) groups is 2. The Morgan fingerprint density at radius 2 is 1.94 bits per heavy atom. The number of nitrogens with one attached hydrogen (secondary N) is 4. The lowest BCUT2D eigenvalue weighted by atomic mass is 10.0. The molecule has 10 heteroatoms. The number of hydrogen-bond donors (Lipinski definition) is 5. The fourth-order valence-corrected chi connectivity index (χ4v) is 3.32. The fourth-order valence-electron chi connectivity index (χ4n) is 3.32. The lowest BCUT2D eigenvalue weighted by Gasteiger charge is -2.17. The Balaban J connectivity index is 1.38. The second kappa shape index (κ2) is 10.0. The van der Waals surface area contributed by atoms with E-state index in [1.807, 2.05) is 6.92 Å². The zero-order valence-electron chi connectivity index (χ0n) is 18.1. The van der Waals surface area contributed by atoms with Gasteiger partial charge in [0.1, 0.15) is 17.7 Å². The van der Waals surface area contributed by atoms with Crippen molar-refractivity contribution in [1.82, 2.24) is 20.8 Å². The molecule has 0 saturated carbocycles. The Kier molecular flexibility index (Phi) is 6.69. The predicted octanol–water partition coefficient (Wildman–Crippen LogP) is 4.68. The first kappa shape index (κ1) is 22.7. The SMILES string of the molecule is CC1=CCC(F)C(NC(=O)Nc2ccc(Oc3ccnc(-c4cc(C(=O)NO)c[nH]4)c3)cc2)=C1. The summed E-state index contributed by atoms with van der Waals surface area (Å²) in [6, 6.07) is 11.1. The lowest BCUT2D eigenvalue weighted by Crippen LogP contribution is -2.32. The van der Waals surface area contributed by atoms with Crippen molar-refractivity contribution in [2.75, 3.05) is 5.32 Å². The van der Waals surface area contributed by atoms with Gasteiger partial charge < -0.3 is 20.4 Å². The van der Waals surface area contributed by atoms with Gasteiger partial charge in [-0.3, -0.25) is 15.0 Å². The normalized spacial score (nSPS) is 15.1. The molecule has 0 spiro atoms. The molecule has 1 aliphatic rings. The van der Waals surface area contributed by atoms with Gasteiger partial charge in [0.15, 0.2) is 0 Å². The van der Waals surface area contributed by atoms with Crippen LogP contribution in [0.1, 0.15) is 23.7 Å². The number of hydrogen-bond acceptors (Lipinski definition) is 5. The van der Waals surface area contributed by atoms with Gasteiger partial charge in [-0.25, -0.2) is 14.7 Å². The predicted molar refractivity (Wildman–Crippen MR) is 123 cm³/mol. The quantitative estimate of drug-likeness (QED) is 0.268. The van der Waals surface area contributed by atoms with E-state index in [0.29, 0.717) is 28.6 Å². The molecule has 34 heavy (non-hydrogen) atoms. The molecule has 1 aromatic carbocycles. The van der Waals surface area contributed by atoms with Crippen LogP contribution in [0.2, 0.25) is 0 Å². The maximum absolute atomic E-state index is 14.0. The molecule has 5 N–H and O–H groups in total. The number of hydroxylamine groups is 1. The van der Waals surface area contributed by atoms with Crippen molar-refractivity contribution < 1.29 is 23.9 Å². The van der Waals surface area contributed by atoms with Crippen LogP contribution in [0, 0.1) is 0 Å². The van der Waals surface area contributed by atoms with Gasteiger partial charge in [-0.1, -0.05) is 11.6 Å². The summed E-state index contributed by atoms with van der Waals surface area (Å²) in [7, 11) is 0. The highest BCUT2D eigenvalue weighted by Gasteiger charge is 2.18. The first-order valence-corrected chi connectivity index (χ1v) is 10.4. The highest BCUT2D eigenvalue weighted by Crippen LogP contribution is 2.27. The number of urea groups is 1. The molecule has 0 fully saturated rings. The third-order valence-electron chi connectivity index (χ3n) is 5.03. The van der Waals surface area contributed by atoms with Gasteiger partial charge in [-0.2, -0.15) is 0 Å². The number of benzene rings is 1. The minimum atomic E-state index is -1.24. The molecule has 2 heterocycles. The van der Waals surface area contributed by atoms with Crippen molar-refractivity contribution in [3.8, 4) is 22.9 Å². The highest BCUT2D eigenvalue weighted by atomic mass is 19.1. The molecule has 9 nitrogen and oxygen atoms in total. The molecule has 1 unspecified atom stereocenters. The summed E-state index contributed by atoms with van der Waals surface area (Å²) in [5, 5.41) is 14.0. The monoisotopic (exact) mass is 463 g/mol. The molecule has 0 aliphatic heterocycles. The van der Waals surface area contributed by atoms with Crippen LogP contribution in [-0.4, -0.2) is 33.3 Å². The van der Waals surface area contributed by atoms with E-state index in [1.54, 1.807) is 66.3 Å². The summed E-state index contributed by atoms with van der Waals surface area (Å²) >= 11 is 0. The van der Waals surface area contributed by atoms with Crippen LogP contribution in [0.4, 0.5) is 14.9 Å². The van der Waals surface area contributed by atoms with Gasteiger partial charge >= 0.3 is 6.03 Å². The molecule has 0 bridgehead atoms. The third kappa shape index (κ3) is 5.48. The lowest BCUT2D eigenvalue weighted by molar-refractivity contribution is 0.0706. The Morgan fingerprint density at radius 3 is 2.71 bits per heavy atom. The average Bonchev–Trinajstić information content (AvgIpc) is 3.33. The number of H-pyrrole nitrogens is 1. The highest BCUT2D eigenvalue weighted by molar-refractivity contribution is 5.94. The number of anilines is 1. The molecule has 3 aromatic rings. The van der Waals surface area contributed by atoms with E-state index in [-0.39, 0.29) is 17.7 Å². The number of amides is 3. The number of aromatic nitrogens is 2. The molecule has 0 saturated heterocycles. The van der Waals surface area contributed by atoms with Gasteiger partial charge in [0, 0.05) is 30.6 Å². The third-order valence-corrected chi connectivity index (χ3v) is 5.03. The van der Waals surface area contributed by atoms with Gasteiger partial charge in [0.25, 0.3) is 5.91 Å². The topological polar surface area (TPSA) is 128 Å². The second-order valence-electron chi connectivity index (χ2n) is 7.58. The van der Waals surface area contributed by atoms with E-state index in [1.165, 1.54) is 6.20 Å². The number of nitrogens with zero attached hydrogens (tertiary/aromatic N) is 1. The van der Waals surface area contributed by atoms with Crippen molar-refractivity contribution in [2.24, 2.45) is 0 Å². The fraction of sp³-hybridized carbons (Fsp3) is 0.125. The van der Waals surface area contributed by atoms with Crippen molar-refractivity contribution in [3.05, 3.63) is 83.8 Å². The number of rotatable bonds is 6. The van der Waals surface area contributed by atoms with Crippen LogP contribution in [0.15, 0.2) is 78.3 Å². The van der Waals surface area contributed by atoms with E-state index < -0.39 is 18.1 Å². The van der Waals surface area contributed by atoms with Gasteiger partial charge in [-0.05, 0) is 49.4 Å². The Labute approximate surface area is 194 Å².